The Morgan fingerprint density at radius 2 is 1.89 bits per heavy atom. The minimum atomic E-state index is -1.26. The van der Waals surface area contributed by atoms with Crippen molar-refractivity contribution in [3.8, 4) is 6.07 Å². The third-order valence-corrected chi connectivity index (χ3v) is 6.18. The predicted molar refractivity (Wildman–Crippen MR) is 110 cm³/mol. The molecule has 0 radical (unpaired) electrons. The maximum Gasteiger partial charge on any atom is 0.261 e. The van der Waals surface area contributed by atoms with E-state index < -0.39 is 21.5 Å². The number of fused-ring (bicyclic) bond motifs is 1. The van der Waals surface area contributed by atoms with Gasteiger partial charge in [-0.2, -0.15) is 5.26 Å². The van der Waals surface area contributed by atoms with Crippen LogP contribution in [0.4, 0.5) is 0 Å². The monoisotopic (exact) mass is 388 g/mol. The predicted octanol–water partition coefficient (Wildman–Crippen LogP) is 3.16. The largest absolute Gasteiger partial charge is 0.598 e. The number of aromatic nitrogens is 2. The summed E-state index contributed by atoms with van der Waals surface area (Å²) >= 11 is -1.26. The third-order valence-electron chi connectivity index (χ3n) is 4.50. The van der Waals surface area contributed by atoms with E-state index in [1.807, 2.05) is 46.8 Å². The first-order valence-electron chi connectivity index (χ1n) is 8.90. The summed E-state index contributed by atoms with van der Waals surface area (Å²) < 4.78 is 16.7. The van der Waals surface area contributed by atoms with Crippen LogP contribution in [0, 0.1) is 18.3 Å². The number of rotatable bonds is 4. The van der Waals surface area contributed by atoms with Crippen molar-refractivity contribution >= 4 is 22.3 Å². The van der Waals surface area contributed by atoms with E-state index in [9.17, 15) is 14.6 Å². The van der Waals surface area contributed by atoms with Gasteiger partial charge in [0.05, 0.1) is 23.0 Å². The molecule has 1 N–H and O–H groups in total. The second-order valence-corrected chi connectivity index (χ2v) is 10.5. The molecule has 0 amide bonds. The third kappa shape index (κ3) is 4.18. The van der Waals surface area contributed by atoms with E-state index in [0.717, 1.165) is 11.1 Å². The van der Waals surface area contributed by atoms with Crippen LogP contribution in [0.1, 0.15) is 64.5 Å². The van der Waals surface area contributed by atoms with Crippen LogP contribution in [-0.4, -0.2) is 18.9 Å². The van der Waals surface area contributed by atoms with Gasteiger partial charge in [0.15, 0.2) is 0 Å². The normalized spacial score (nSPS) is 14.8. The van der Waals surface area contributed by atoms with Gasteiger partial charge in [0.2, 0.25) is 0 Å². The van der Waals surface area contributed by atoms with Crippen LogP contribution in [0.2, 0.25) is 0 Å². The smallest absolute Gasteiger partial charge is 0.261 e. The zero-order valence-corrected chi connectivity index (χ0v) is 18.1. The topological polar surface area (TPSA) is 93.8 Å². The van der Waals surface area contributed by atoms with Gasteiger partial charge < -0.3 is 4.55 Å². The number of nitrogens with zero attached hydrogens (tertiary/aromatic N) is 3. The van der Waals surface area contributed by atoms with Crippen molar-refractivity contribution in [1.82, 2.24) is 14.3 Å². The maximum absolute atomic E-state index is 13.0. The van der Waals surface area contributed by atoms with Crippen molar-refractivity contribution in [2.75, 3.05) is 0 Å². The van der Waals surface area contributed by atoms with Gasteiger partial charge >= 0.3 is 0 Å². The Morgan fingerprint density at radius 3 is 2.41 bits per heavy atom. The summed E-state index contributed by atoms with van der Waals surface area (Å²) in [4.78, 5) is 17.7. The Balaban J connectivity index is 2.74. The Bertz CT molecular complexity index is 967. The van der Waals surface area contributed by atoms with Crippen molar-refractivity contribution in [3.05, 3.63) is 39.4 Å². The molecule has 0 aliphatic rings. The Kier molecular flexibility index (Phi) is 5.77. The first-order chi connectivity index (χ1) is 12.3. The fraction of sp³-hybridized carbons (Fsp3) is 0.550. The molecule has 2 aromatic rings. The van der Waals surface area contributed by atoms with Gasteiger partial charge in [0.1, 0.15) is 16.0 Å². The molecule has 6 nitrogen and oxygen atoms in total. The van der Waals surface area contributed by atoms with E-state index >= 15 is 0 Å². The molecule has 0 spiro atoms. The molecule has 27 heavy (non-hydrogen) atoms. The summed E-state index contributed by atoms with van der Waals surface area (Å²) in [5.74, 6) is 0.414. The van der Waals surface area contributed by atoms with Crippen LogP contribution in [-0.2, 0) is 23.8 Å². The number of benzene rings is 1. The summed E-state index contributed by atoms with van der Waals surface area (Å²) in [5.41, 5.74) is 1.18. The standard InChI is InChI=1S/C20H28N4O2S/c1-12-9-14(13(2)23-27(26)19(3,4)5)16-15(10-12)17(25)24(8)18(22-16)20(6,7)11-21/h9-10,13,23H,1-8H3/t13?,27-/m1/s1. The molecule has 1 unspecified atom stereocenters. The number of hydrogen-bond donors (Lipinski definition) is 1. The Labute approximate surface area is 163 Å². The molecule has 0 saturated carbocycles. The lowest BCUT2D eigenvalue weighted by atomic mass is 9.93. The molecule has 1 heterocycles. The number of nitrogens with one attached hydrogen (secondary N) is 1. The van der Waals surface area contributed by atoms with E-state index in [4.69, 9.17) is 4.98 Å². The van der Waals surface area contributed by atoms with E-state index in [-0.39, 0.29) is 11.6 Å². The van der Waals surface area contributed by atoms with Gasteiger partial charge in [-0.05, 0) is 60.1 Å². The van der Waals surface area contributed by atoms with Crippen LogP contribution in [0.25, 0.3) is 10.9 Å². The second-order valence-electron chi connectivity index (χ2n) is 8.51. The van der Waals surface area contributed by atoms with Crippen molar-refractivity contribution in [1.29, 1.82) is 5.26 Å². The maximum atomic E-state index is 13.0. The van der Waals surface area contributed by atoms with E-state index in [2.05, 4.69) is 10.8 Å². The highest BCUT2D eigenvalue weighted by molar-refractivity contribution is 7.90. The summed E-state index contributed by atoms with van der Waals surface area (Å²) in [6, 6.07) is 5.71. The average Bonchev–Trinajstić information content (AvgIpc) is 2.56. The van der Waals surface area contributed by atoms with Crippen molar-refractivity contribution < 1.29 is 4.55 Å². The quantitative estimate of drug-likeness (QED) is 0.812. The average molecular weight is 389 g/mol. The lowest BCUT2D eigenvalue weighted by Gasteiger charge is -2.27. The molecule has 0 fully saturated rings. The van der Waals surface area contributed by atoms with Crippen LogP contribution in [0.3, 0.4) is 0 Å². The van der Waals surface area contributed by atoms with Gasteiger partial charge in [0.25, 0.3) is 5.56 Å². The molecular weight excluding hydrogens is 360 g/mol. The minimum absolute atomic E-state index is 0.188. The van der Waals surface area contributed by atoms with Crippen LogP contribution in [0.15, 0.2) is 16.9 Å². The van der Waals surface area contributed by atoms with E-state index in [0.29, 0.717) is 16.7 Å². The molecular formula is C20H28N4O2S. The zero-order chi connectivity index (χ0) is 20.7. The highest BCUT2D eigenvalue weighted by Crippen LogP contribution is 2.28. The second kappa shape index (κ2) is 7.27. The summed E-state index contributed by atoms with van der Waals surface area (Å²) in [6.45, 7) is 13.0. The first kappa shape index (κ1) is 21.4. The first-order valence-corrected chi connectivity index (χ1v) is 10.1. The number of aryl methyl sites for hydroxylation is 1. The van der Waals surface area contributed by atoms with Crippen molar-refractivity contribution in [2.24, 2.45) is 7.05 Å². The lowest BCUT2D eigenvalue weighted by Crippen LogP contribution is -2.40. The van der Waals surface area contributed by atoms with Gasteiger partial charge in [-0.15, -0.1) is 4.72 Å². The van der Waals surface area contributed by atoms with Gasteiger partial charge in [-0.3, -0.25) is 9.36 Å². The van der Waals surface area contributed by atoms with Gasteiger partial charge in [-0.25, -0.2) is 4.98 Å². The van der Waals surface area contributed by atoms with Crippen LogP contribution >= 0.6 is 0 Å². The molecule has 1 aromatic heterocycles. The molecule has 1 aromatic carbocycles. The van der Waals surface area contributed by atoms with Gasteiger partial charge in [0, 0.05) is 24.0 Å². The minimum Gasteiger partial charge on any atom is -0.598 e. The fourth-order valence-electron chi connectivity index (χ4n) is 2.89. The highest BCUT2D eigenvalue weighted by Gasteiger charge is 2.30. The van der Waals surface area contributed by atoms with Crippen molar-refractivity contribution in [2.45, 2.75) is 64.7 Å². The highest BCUT2D eigenvalue weighted by atomic mass is 32.2. The summed E-state index contributed by atoms with van der Waals surface area (Å²) in [7, 11) is 1.64. The molecule has 0 aliphatic carbocycles. The molecule has 0 saturated heterocycles. The number of hydrogen-bond acceptors (Lipinski definition) is 5. The lowest BCUT2D eigenvalue weighted by molar-refractivity contribution is 0.531. The summed E-state index contributed by atoms with van der Waals surface area (Å²) in [6.07, 6.45) is 0. The van der Waals surface area contributed by atoms with Crippen molar-refractivity contribution in [3.63, 3.8) is 0 Å². The van der Waals surface area contributed by atoms with Gasteiger partial charge in [-0.1, -0.05) is 6.07 Å². The Hall–Kier alpha value is -1.88. The SMILES string of the molecule is Cc1cc(C(C)N[S@+]([O-])C(C)(C)C)c2nc(C(C)(C)C#N)n(C)c(=O)c2c1. The zero-order valence-electron chi connectivity index (χ0n) is 17.3. The molecule has 146 valence electrons. The molecule has 7 heteroatoms. The Morgan fingerprint density at radius 1 is 1.30 bits per heavy atom. The fourth-order valence-corrected chi connectivity index (χ4v) is 3.69. The molecule has 2 rings (SSSR count). The molecule has 0 bridgehead atoms. The van der Waals surface area contributed by atoms with Crippen LogP contribution < -0.4 is 10.3 Å². The van der Waals surface area contributed by atoms with E-state index in [1.54, 1.807) is 20.9 Å². The van der Waals surface area contributed by atoms with E-state index in [1.165, 1.54) is 4.57 Å². The molecule has 0 aliphatic heterocycles. The molecule has 2 atom stereocenters. The van der Waals surface area contributed by atoms with Crippen LogP contribution in [0.5, 0.6) is 0 Å². The summed E-state index contributed by atoms with van der Waals surface area (Å²) in [5, 5.41) is 10.0. The number of nitriles is 1.